The Morgan fingerprint density at radius 2 is 1.35 bits per heavy atom. The highest BCUT2D eigenvalue weighted by atomic mass is 16.8. The maximum atomic E-state index is 13.2. The molecule has 20 heteroatoms. The van der Waals surface area contributed by atoms with Crippen LogP contribution in [0.25, 0.3) is 0 Å². The Balaban J connectivity index is 1.44. The van der Waals surface area contributed by atoms with Crippen molar-refractivity contribution in [3.05, 3.63) is 0 Å². The molecular weight excluding hydrogens is 756 g/mol. The molecule has 0 aromatic rings. The summed E-state index contributed by atoms with van der Waals surface area (Å²) < 4.78 is 23.4. The molecule has 4 aliphatic rings. The van der Waals surface area contributed by atoms with Gasteiger partial charge in [0.2, 0.25) is 17.7 Å². The number of rotatable bonds is 20. The molecule has 0 aliphatic carbocycles. The summed E-state index contributed by atoms with van der Waals surface area (Å²) in [7, 11) is 0. The molecule has 5 amide bonds. The summed E-state index contributed by atoms with van der Waals surface area (Å²) in [5.41, 5.74) is 0. The monoisotopic (exact) mass is 820 g/mol. The SMILES string of the molecule is CC(=O)NC1C(OC2OC(CC(O)C3OC(N4CCC(=O)NC4=O)C(O)C3O)C(O)C(O)C2NC(=O)CCCCCCCCCCC(C)C)OC(CO)C(O)C1O. The summed E-state index contributed by atoms with van der Waals surface area (Å²) in [6.45, 7) is 4.67. The van der Waals surface area contributed by atoms with Crippen molar-refractivity contribution in [1.29, 1.82) is 0 Å². The number of hydrogen-bond donors (Lipinski definition) is 11. The normalized spacial score (nSPS) is 36.6. The lowest BCUT2D eigenvalue weighted by atomic mass is 9.91. The topological polar surface area (TPSA) is 306 Å². The first-order chi connectivity index (χ1) is 27.0. The van der Waals surface area contributed by atoms with Gasteiger partial charge < -0.3 is 70.4 Å². The van der Waals surface area contributed by atoms with Crippen LogP contribution in [0.4, 0.5) is 4.79 Å². The van der Waals surface area contributed by atoms with E-state index in [0.717, 1.165) is 43.9 Å². The first kappa shape index (κ1) is 47.1. The van der Waals surface area contributed by atoms with Crippen LogP contribution in [-0.4, -0.2) is 175 Å². The fourth-order valence-electron chi connectivity index (χ4n) is 7.72. The highest BCUT2D eigenvalue weighted by Crippen LogP contribution is 2.33. The van der Waals surface area contributed by atoms with Gasteiger partial charge in [0.1, 0.15) is 60.9 Å². The number of nitrogens with zero attached hydrogens (tertiary/aromatic N) is 1. The number of hydrogen-bond acceptors (Lipinski definition) is 16. The van der Waals surface area contributed by atoms with Crippen LogP contribution >= 0.6 is 0 Å². The minimum Gasteiger partial charge on any atom is -0.394 e. The lowest BCUT2D eigenvalue weighted by Gasteiger charge is -2.47. The largest absolute Gasteiger partial charge is 0.394 e. The van der Waals surface area contributed by atoms with Crippen molar-refractivity contribution in [2.45, 2.75) is 190 Å². The molecule has 4 saturated heterocycles. The predicted octanol–water partition coefficient (Wildman–Crippen LogP) is -2.43. The van der Waals surface area contributed by atoms with Crippen molar-refractivity contribution in [3.63, 3.8) is 0 Å². The van der Waals surface area contributed by atoms with Crippen LogP contribution in [0.5, 0.6) is 0 Å². The zero-order valence-corrected chi connectivity index (χ0v) is 32.9. The van der Waals surface area contributed by atoms with Crippen LogP contribution < -0.4 is 16.0 Å². The number of ether oxygens (including phenoxy) is 4. The molecule has 20 nitrogen and oxygen atoms in total. The molecule has 15 unspecified atom stereocenters. The van der Waals surface area contributed by atoms with Gasteiger partial charge in [-0.25, -0.2) is 4.79 Å². The van der Waals surface area contributed by atoms with Crippen molar-refractivity contribution in [2.24, 2.45) is 5.92 Å². The Morgan fingerprint density at radius 3 is 1.93 bits per heavy atom. The van der Waals surface area contributed by atoms with E-state index in [1.54, 1.807) is 0 Å². The summed E-state index contributed by atoms with van der Waals surface area (Å²) in [5, 5.41) is 93.7. The molecule has 328 valence electrons. The first-order valence-electron chi connectivity index (χ1n) is 20.2. The number of carbonyl (C=O) groups is 4. The van der Waals surface area contributed by atoms with E-state index in [9.17, 15) is 60.0 Å². The minimum atomic E-state index is -1.81. The average molecular weight is 821 g/mol. The van der Waals surface area contributed by atoms with E-state index < -0.39 is 129 Å². The van der Waals surface area contributed by atoms with Gasteiger partial charge in [0.15, 0.2) is 18.8 Å². The van der Waals surface area contributed by atoms with E-state index in [0.29, 0.717) is 12.3 Å². The summed E-state index contributed by atoms with van der Waals surface area (Å²) in [6, 6.07) is -3.79. The van der Waals surface area contributed by atoms with Crippen LogP contribution in [-0.2, 0) is 33.3 Å². The molecule has 0 bridgehead atoms. The second-order valence-electron chi connectivity index (χ2n) is 16.0. The lowest BCUT2D eigenvalue weighted by molar-refractivity contribution is -0.347. The fourth-order valence-corrected chi connectivity index (χ4v) is 7.72. The van der Waals surface area contributed by atoms with E-state index in [2.05, 4.69) is 29.8 Å². The van der Waals surface area contributed by atoms with Crippen molar-refractivity contribution < 1.29 is 79.0 Å². The van der Waals surface area contributed by atoms with E-state index in [1.165, 1.54) is 19.3 Å². The summed E-state index contributed by atoms with van der Waals surface area (Å²) in [6.07, 6.45) is -12.7. The molecule has 15 atom stereocenters. The number of aliphatic hydroxyl groups is 8. The Bertz CT molecular complexity index is 1310. The smallest absolute Gasteiger partial charge is 0.326 e. The Morgan fingerprint density at radius 1 is 0.789 bits per heavy atom. The number of imide groups is 1. The van der Waals surface area contributed by atoms with Gasteiger partial charge in [0.25, 0.3) is 0 Å². The maximum absolute atomic E-state index is 13.2. The molecule has 0 spiro atoms. The molecule has 4 fully saturated rings. The molecule has 4 rings (SSSR count). The van der Waals surface area contributed by atoms with Crippen LogP contribution in [0.1, 0.15) is 97.8 Å². The third-order valence-electron chi connectivity index (χ3n) is 11.0. The minimum absolute atomic E-state index is 0.0676. The van der Waals surface area contributed by atoms with Crippen molar-refractivity contribution in [3.8, 4) is 0 Å². The van der Waals surface area contributed by atoms with Crippen molar-refractivity contribution in [2.75, 3.05) is 13.2 Å². The van der Waals surface area contributed by atoms with Crippen LogP contribution in [0.2, 0.25) is 0 Å². The number of nitrogens with one attached hydrogen (secondary N) is 3. The van der Waals surface area contributed by atoms with E-state index in [1.807, 2.05) is 0 Å². The highest BCUT2D eigenvalue weighted by molar-refractivity contribution is 5.96. The van der Waals surface area contributed by atoms with Crippen LogP contribution in [0, 0.1) is 5.92 Å². The van der Waals surface area contributed by atoms with Crippen LogP contribution in [0.15, 0.2) is 0 Å². The Kier molecular flexibility index (Phi) is 18.3. The second kappa shape index (κ2) is 22.1. The first-order valence-corrected chi connectivity index (χ1v) is 20.2. The fraction of sp³-hybridized carbons (Fsp3) is 0.892. The van der Waals surface area contributed by atoms with Gasteiger partial charge in [-0.15, -0.1) is 0 Å². The predicted molar refractivity (Wildman–Crippen MR) is 196 cm³/mol. The Hall–Kier alpha value is -2.60. The van der Waals surface area contributed by atoms with E-state index in [4.69, 9.17) is 18.9 Å². The number of urea groups is 1. The van der Waals surface area contributed by atoms with Gasteiger partial charge in [-0.3, -0.25) is 24.6 Å². The zero-order valence-electron chi connectivity index (χ0n) is 32.9. The van der Waals surface area contributed by atoms with Gasteiger partial charge in [-0.1, -0.05) is 65.2 Å². The number of amides is 5. The third kappa shape index (κ3) is 12.7. The molecule has 4 heterocycles. The standard InChI is InChI=1S/C37H64N4O16/c1-18(2)12-10-8-6-4-5-7-9-11-13-23(45)39-26-30(50)27(47)21(54-36(26)57-35-25(38-19(3)43)29(49)28(48)22(17-42)55-35)16-20(44)33-31(51)32(52)34(56-33)41-15-14-24(46)40-37(41)53/h18,20-22,25-36,42,44,47-52H,4-17H2,1-3H3,(H,38,43)(H,39,45)(H,40,46,53). The molecule has 11 N–H and O–H groups in total. The van der Waals surface area contributed by atoms with E-state index in [-0.39, 0.29) is 19.4 Å². The summed E-state index contributed by atoms with van der Waals surface area (Å²) >= 11 is 0. The molecule has 4 aliphatic heterocycles. The second-order valence-corrected chi connectivity index (χ2v) is 16.0. The Labute approximate surface area is 332 Å². The van der Waals surface area contributed by atoms with Crippen molar-refractivity contribution in [1.82, 2.24) is 20.9 Å². The summed E-state index contributed by atoms with van der Waals surface area (Å²) in [4.78, 5) is 50.3. The quantitative estimate of drug-likeness (QED) is 0.0570. The van der Waals surface area contributed by atoms with Crippen molar-refractivity contribution >= 4 is 23.8 Å². The highest BCUT2D eigenvalue weighted by Gasteiger charge is 2.54. The molecule has 57 heavy (non-hydrogen) atoms. The maximum Gasteiger partial charge on any atom is 0.326 e. The molecular formula is C37H64N4O16. The molecule has 0 saturated carbocycles. The van der Waals surface area contributed by atoms with Gasteiger partial charge >= 0.3 is 6.03 Å². The van der Waals surface area contributed by atoms with Gasteiger partial charge in [-0.2, -0.15) is 0 Å². The number of carbonyl (C=O) groups excluding carboxylic acids is 4. The van der Waals surface area contributed by atoms with Gasteiger partial charge in [0.05, 0.1) is 18.8 Å². The number of unbranched alkanes of at least 4 members (excludes halogenated alkanes) is 7. The van der Waals surface area contributed by atoms with Gasteiger partial charge in [0, 0.05) is 32.7 Å². The average Bonchev–Trinajstić information content (AvgIpc) is 3.45. The molecule has 0 aromatic carbocycles. The lowest BCUT2D eigenvalue weighted by Crippen LogP contribution is -2.69. The van der Waals surface area contributed by atoms with Gasteiger partial charge in [-0.05, 0) is 12.3 Å². The molecule has 0 aromatic heterocycles. The number of aliphatic hydroxyl groups excluding tert-OH is 8. The zero-order chi connectivity index (χ0) is 42.0. The summed E-state index contributed by atoms with van der Waals surface area (Å²) in [5.74, 6) is -0.995. The van der Waals surface area contributed by atoms with E-state index >= 15 is 0 Å². The third-order valence-corrected chi connectivity index (χ3v) is 11.0. The molecule has 0 radical (unpaired) electrons. The van der Waals surface area contributed by atoms with Crippen LogP contribution in [0.3, 0.4) is 0 Å².